The van der Waals surface area contributed by atoms with E-state index in [1.165, 1.54) is 16.7 Å². The van der Waals surface area contributed by atoms with Crippen LogP contribution in [0.4, 0.5) is 13.2 Å². The summed E-state index contributed by atoms with van der Waals surface area (Å²) in [5.41, 5.74) is 8.30. The van der Waals surface area contributed by atoms with Crippen LogP contribution in [-0.2, 0) is 11.2 Å². The molecular weight excluding hydrogens is 435 g/mol. The minimum Gasteiger partial charge on any atom is -0.475 e. The molecule has 0 spiro atoms. The van der Waals surface area contributed by atoms with Crippen molar-refractivity contribution in [2.24, 2.45) is 0 Å². The van der Waals surface area contributed by atoms with E-state index in [1.54, 1.807) is 6.20 Å². The van der Waals surface area contributed by atoms with E-state index >= 15 is 0 Å². The predicted octanol–water partition coefficient (Wildman–Crippen LogP) is 4.78. The highest BCUT2D eigenvalue weighted by Crippen LogP contribution is 2.24. The largest absolute Gasteiger partial charge is 0.490 e. The number of hydrogen-bond acceptors (Lipinski definition) is 3. The molecule has 33 heavy (non-hydrogen) atoms. The molecule has 0 atom stereocenters. The Balaban J connectivity index is 0.000000383. The van der Waals surface area contributed by atoms with Gasteiger partial charge in [0.25, 0.3) is 5.91 Å². The molecular formula is C24H22F3N3O3. The van der Waals surface area contributed by atoms with Gasteiger partial charge in [0.15, 0.2) is 0 Å². The van der Waals surface area contributed by atoms with Crippen LogP contribution in [0, 0.1) is 13.8 Å². The number of carbonyl (C=O) groups is 2. The molecule has 172 valence electrons. The van der Waals surface area contributed by atoms with Crippen LogP contribution in [0.25, 0.3) is 23.4 Å². The van der Waals surface area contributed by atoms with Crippen molar-refractivity contribution < 1.29 is 27.9 Å². The number of nitrogens with one attached hydrogen (secondary N) is 2. The molecule has 0 bridgehead atoms. The van der Waals surface area contributed by atoms with Crippen LogP contribution < -0.4 is 5.32 Å². The number of aliphatic carboxylic acids is 1. The van der Waals surface area contributed by atoms with Crippen LogP contribution in [0.15, 0.2) is 42.6 Å². The van der Waals surface area contributed by atoms with Gasteiger partial charge in [-0.1, -0.05) is 35.4 Å². The number of carboxylic acid groups (broad SMARTS) is 1. The molecule has 0 unspecified atom stereocenters. The Hall–Kier alpha value is -3.88. The summed E-state index contributed by atoms with van der Waals surface area (Å²) < 4.78 is 31.7. The number of amides is 1. The zero-order chi connectivity index (χ0) is 24.2. The fraction of sp³-hybridized carbons (Fsp3) is 0.208. The van der Waals surface area contributed by atoms with E-state index in [9.17, 15) is 18.0 Å². The number of aromatic amines is 1. The standard InChI is InChI=1S/C22H21N3O.C2HF3O2/c1-14-9-15(2)11-16(10-14)3-4-18-12-17(5-7-23-18)21-13-19-20(25-21)6-8-24-22(19)26;3-2(4,5)1(6)7/h3-5,7,9-13,25H,6,8H2,1-2H3,(H,24,26);(H,6,7). The van der Waals surface area contributed by atoms with Gasteiger partial charge in [-0.3, -0.25) is 9.78 Å². The van der Waals surface area contributed by atoms with Gasteiger partial charge in [-0.2, -0.15) is 13.2 Å². The minimum absolute atomic E-state index is 0.00209. The Morgan fingerprint density at radius 2 is 1.76 bits per heavy atom. The maximum absolute atomic E-state index is 12.0. The van der Waals surface area contributed by atoms with Crippen LogP contribution in [0.1, 0.15) is 38.4 Å². The highest BCUT2D eigenvalue weighted by Gasteiger charge is 2.38. The van der Waals surface area contributed by atoms with Crippen molar-refractivity contribution in [3.8, 4) is 11.3 Å². The minimum atomic E-state index is -5.08. The number of carbonyl (C=O) groups excluding carboxylic acids is 1. The van der Waals surface area contributed by atoms with Gasteiger partial charge >= 0.3 is 12.1 Å². The quantitative estimate of drug-likeness (QED) is 0.527. The summed E-state index contributed by atoms with van der Waals surface area (Å²) in [6.45, 7) is 4.89. The normalized spacial score (nSPS) is 13.2. The van der Waals surface area contributed by atoms with Gasteiger partial charge in [-0.25, -0.2) is 4.79 Å². The maximum Gasteiger partial charge on any atom is 0.490 e. The number of H-pyrrole nitrogens is 1. The molecule has 3 aromatic rings. The number of hydrogen-bond donors (Lipinski definition) is 3. The number of rotatable bonds is 3. The molecule has 1 aliphatic heterocycles. The van der Waals surface area contributed by atoms with Crippen LogP contribution >= 0.6 is 0 Å². The Labute approximate surface area is 188 Å². The Morgan fingerprint density at radius 1 is 1.09 bits per heavy atom. The number of carboxylic acids is 1. The number of benzene rings is 1. The molecule has 0 saturated heterocycles. The third kappa shape index (κ3) is 6.31. The van der Waals surface area contributed by atoms with E-state index in [-0.39, 0.29) is 5.91 Å². The van der Waals surface area contributed by atoms with Crippen molar-refractivity contribution in [2.45, 2.75) is 26.4 Å². The molecule has 2 aromatic heterocycles. The van der Waals surface area contributed by atoms with Gasteiger partial charge in [-0.15, -0.1) is 0 Å². The fourth-order valence-electron chi connectivity index (χ4n) is 3.44. The van der Waals surface area contributed by atoms with Crippen molar-refractivity contribution in [2.75, 3.05) is 6.54 Å². The van der Waals surface area contributed by atoms with E-state index < -0.39 is 12.1 Å². The van der Waals surface area contributed by atoms with E-state index in [0.717, 1.165) is 34.6 Å². The zero-order valence-corrected chi connectivity index (χ0v) is 18.0. The van der Waals surface area contributed by atoms with Crippen molar-refractivity contribution in [1.29, 1.82) is 0 Å². The predicted molar refractivity (Wildman–Crippen MR) is 119 cm³/mol. The average molecular weight is 457 g/mol. The van der Waals surface area contributed by atoms with Crippen molar-refractivity contribution in [3.05, 3.63) is 76.2 Å². The molecule has 1 aliphatic rings. The summed E-state index contributed by atoms with van der Waals surface area (Å²) in [5, 5.41) is 10.0. The number of alkyl halides is 3. The van der Waals surface area contributed by atoms with Crippen molar-refractivity contribution in [3.63, 3.8) is 0 Å². The second-order valence-electron chi connectivity index (χ2n) is 7.61. The summed E-state index contributed by atoms with van der Waals surface area (Å²) >= 11 is 0. The Morgan fingerprint density at radius 3 is 2.36 bits per heavy atom. The first kappa shape index (κ1) is 23.8. The van der Waals surface area contributed by atoms with Crippen molar-refractivity contribution >= 4 is 24.0 Å². The molecule has 6 nitrogen and oxygen atoms in total. The lowest BCUT2D eigenvalue weighted by Gasteiger charge is -2.10. The smallest absolute Gasteiger partial charge is 0.475 e. The molecule has 4 rings (SSSR count). The maximum atomic E-state index is 12.0. The lowest BCUT2D eigenvalue weighted by molar-refractivity contribution is -0.192. The average Bonchev–Trinajstić information content (AvgIpc) is 3.18. The number of fused-ring (bicyclic) bond motifs is 1. The number of halogens is 3. The Bertz CT molecular complexity index is 1190. The molecule has 3 heterocycles. The molecule has 0 radical (unpaired) electrons. The molecule has 1 aromatic carbocycles. The van der Waals surface area contributed by atoms with E-state index in [4.69, 9.17) is 9.90 Å². The third-order valence-electron chi connectivity index (χ3n) is 4.83. The van der Waals surface area contributed by atoms with Gasteiger partial charge in [0.2, 0.25) is 0 Å². The van der Waals surface area contributed by atoms with Crippen LogP contribution in [-0.4, -0.2) is 39.7 Å². The second-order valence-corrected chi connectivity index (χ2v) is 7.61. The topological polar surface area (TPSA) is 95.1 Å². The molecule has 3 N–H and O–H groups in total. The van der Waals surface area contributed by atoms with Gasteiger partial charge in [0, 0.05) is 36.1 Å². The Kier molecular flexibility index (Phi) is 7.01. The van der Waals surface area contributed by atoms with Gasteiger partial charge < -0.3 is 15.4 Å². The SMILES string of the molecule is Cc1cc(C)cc(C=Cc2cc(-c3cc4c([nH]3)CCNC4=O)ccn2)c1.O=C(O)C(F)(F)F. The summed E-state index contributed by atoms with van der Waals surface area (Å²) in [6, 6.07) is 12.4. The molecule has 1 amide bonds. The highest BCUT2D eigenvalue weighted by atomic mass is 19.4. The van der Waals surface area contributed by atoms with E-state index in [0.29, 0.717) is 6.54 Å². The monoisotopic (exact) mass is 457 g/mol. The van der Waals surface area contributed by atoms with Crippen LogP contribution in [0.3, 0.4) is 0 Å². The van der Waals surface area contributed by atoms with Gasteiger partial charge in [0.1, 0.15) is 0 Å². The first-order chi connectivity index (χ1) is 15.5. The fourth-order valence-corrected chi connectivity index (χ4v) is 3.44. The number of aromatic nitrogens is 2. The number of pyridine rings is 1. The lowest BCUT2D eigenvalue weighted by atomic mass is 10.1. The summed E-state index contributed by atoms with van der Waals surface area (Å²) in [6.07, 6.45) is 1.66. The van der Waals surface area contributed by atoms with Crippen LogP contribution in [0.2, 0.25) is 0 Å². The first-order valence-corrected chi connectivity index (χ1v) is 10.1. The summed E-state index contributed by atoms with van der Waals surface area (Å²) in [5.74, 6) is -2.76. The van der Waals surface area contributed by atoms with Gasteiger partial charge in [0.05, 0.1) is 11.3 Å². The van der Waals surface area contributed by atoms with Crippen LogP contribution in [0.5, 0.6) is 0 Å². The highest BCUT2D eigenvalue weighted by molar-refractivity contribution is 5.97. The van der Waals surface area contributed by atoms with Gasteiger partial charge in [-0.05, 0) is 43.7 Å². The number of nitrogens with zero attached hydrogens (tertiary/aromatic N) is 1. The van der Waals surface area contributed by atoms with Crippen molar-refractivity contribution in [1.82, 2.24) is 15.3 Å². The summed E-state index contributed by atoms with van der Waals surface area (Å²) in [7, 11) is 0. The van der Waals surface area contributed by atoms with E-state index in [1.807, 2.05) is 24.3 Å². The first-order valence-electron chi connectivity index (χ1n) is 10.1. The third-order valence-corrected chi connectivity index (χ3v) is 4.83. The second kappa shape index (κ2) is 9.72. The molecule has 0 fully saturated rings. The lowest BCUT2D eigenvalue weighted by Crippen LogP contribution is -2.31. The van der Waals surface area contributed by atoms with E-state index in [2.05, 4.69) is 53.4 Å². The molecule has 0 saturated carbocycles. The zero-order valence-electron chi connectivity index (χ0n) is 18.0. The molecule has 9 heteroatoms. The number of aryl methyl sites for hydroxylation is 2. The summed E-state index contributed by atoms with van der Waals surface area (Å²) in [4.78, 5) is 28.7. The molecule has 0 aliphatic carbocycles.